The van der Waals surface area contributed by atoms with Crippen LogP contribution in [-0.4, -0.2) is 17.7 Å². The molecule has 1 aliphatic rings. The average Bonchev–Trinajstić information content (AvgIpc) is 2.99. The Hall–Kier alpha value is -0.776. The summed E-state index contributed by atoms with van der Waals surface area (Å²) >= 11 is 1.69. The Morgan fingerprint density at radius 2 is 2.12 bits per heavy atom. The minimum absolute atomic E-state index is 0. The van der Waals surface area contributed by atoms with Crippen molar-refractivity contribution in [2.75, 3.05) is 6.61 Å². The molecule has 4 nitrogen and oxygen atoms in total. The molecule has 0 unspecified atom stereocenters. The summed E-state index contributed by atoms with van der Waals surface area (Å²) in [5, 5.41) is 5.78. The first-order chi connectivity index (χ1) is 11.2. The van der Waals surface area contributed by atoms with Gasteiger partial charge in [0.25, 0.3) is 0 Å². The molecule has 1 heterocycles. The van der Waals surface area contributed by atoms with Crippen LogP contribution in [0.25, 0.3) is 11.3 Å². The predicted molar refractivity (Wildman–Crippen MR) is 92.0 cm³/mol. The number of alkyl carbamates (subject to hydrolysis) is 1. The molecule has 0 bridgehead atoms. The Bertz CT molecular complexity index is 656. The molecule has 1 fully saturated rings. The minimum Gasteiger partial charge on any atom is -0.471 e. The van der Waals surface area contributed by atoms with E-state index < -0.39 is 0 Å². The van der Waals surface area contributed by atoms with Crippen molar-refractivity contribution < 1.29 is 42.2 Å². The molecule has 2 aromatic rings. The average molecular weight is 418 g/mol. The zero-order valence-electron chi connectivity index (χ0n) is 13.8. The van der Waals surface area contributed by atoms with Crippen LogP contribution < -0.4 is 5.32 Å². The summed E-state index contributed by atoms with van der Waals surface area (Å²) in [6.45, 7) is 3.82. The van der Waals surface area contributed by atoms with Crippen LogP contribution in [-0.2, 0) is 43.9 Å². The summed E-state index contributed by atoms with van der Waals surface area (Å²) in [5.74, 6) is 0. The van der Waals surface area contributed by atoms with Crippen molar-refractivity contribution in [3.63, 3.8) is 0 Å². The maximum Gasteiger partial charge on any atom is 0.377 e. The van der Waals surface area contributed by atoms with E-state index in [4.69, 9.17) is 9.72 Å². The molecule has 0 saturated heterocycles. The van der Waals surface area contributed by atoms with Gasteiger partial charge in [-0.25, -0.2) is 16.3 Å². The van der Waals surface area contributed by atoms with E-state index in [2.05, 4.69) is 22.8 Å². The summed E-state index contributed by atoms with van der Waals surface area (Å²) in [6, 6.07) is 10.2. The number of hydrogen-bond donors (Lipinski definition) is 1. The molecule has 1 aromatic carbocycles. The molecule has 1 amide bonds. The van der Waals surface area contributed by atoms with E-state index in [0.717, 1.165) is 35.5 Å². The van der Waals surface area contributed by atoms with E-state index >= 15 is 0 Å². The summed E-state index contributed by atoms with van der Waals surface area (Å²) in [5.41, 5.74) is 2.24. The summed E-state index contributed by atoms with van der Waals surface area (Å²) in [7, 11) is 0. The third-order valence-electron chi connectivity index (χ3n) is 4.33. The van der Waals surface area contributed by atoms with E-state index in [0.29, 0.717) is 6.61 Å². The van der Waals surface area contributed by atoms with E-state index in [9.17, 15) is 4.79 Å². The summed E-state index contributed by atoms with van der Waals surface area (Å²) in [4.78, 5) is 16.3. The Labute approximate surface area is 172 Å². The van der Waals surface area contributed by atoms with Gasteiger partial charge < -0.3 is 10.1 Å². The molecule has 1 N–H and O–H groups in total. The number of thiazole rings is 1. The number of nitrogens with zero attached hydrogens (tertiary/aromatic N) is 1. The standard InChI is InChI=1S/C18H21N2O2S.Y/c1-2-19-17(21)22-13-18(9-6-10-18)11-16-20-15(12-23-16)14-7-4-3-5-8-14;/h2-5,7-8,12H,6,9-11,13H2,1H3,(H,19,21);/q-1;. The van der Waals surface area contributed by atoms with Crippen molar-refractivity contribution in [2.45, 2.75) is 32.6 Å². The van der Waals surface area contributed by atoms with E-state index in [1.807, 2.05) is 18.2 Å². The Morgan fingerprint density at radius 1 is 1.38 bits per heavy atom. The molecule has 1 saturated carbocycles. The molecule has 1 aliphatic carbocycles. The number of nitrogens with one attached hydrogen (secondary N) is 1. The van der Waals surface area contributed by atoms with Crippen LogP contribution in [0, 0.1) is 12.0 Å². The molecule has 3 rings (SSSR count). The Morgan fingerprint density at radius 3 is 2.75 bits per heavy atom. The molecule has 1 radical (unpaired) electrons. The minimum atomic E-state index is -0.372. The molecular weight excluding hydrogens is 397 g/mol. The molecule has 24 heavy (non-hydrogen) atoms. The number of rotatable bonds is 6. The van der Waals surface area contributed by atoms with Crippen molar-refractivity contribution in [1.29, 1.82) is 0 Å². The first kappa shape index (κ1) is 19.5. The largest absolute Gasteiger partial charge is 0.471 e. The SMILES string of the molecule is C[CH-]NC(=O)OCC1(Cc2nc(-c3ccccc3)cs2)CCC1.[Y]. The van der Waals surface area contributed by atoms with E-state index in [1.54, 1.807) is 24.8 Å². The van der Waals surface area contributed by atoms with Gasteiger partial charge >= 0.3 is 6.09 Å². The van der Waals surface area contributed by atoms with Crippen molar-refractivity contribution in [1.82, 2.24) is 10.3 Å². The second kappa shape index (κ2) is 9.07. The number of ether oxygens (including phenoxy) is 1. The smallest absolute Gasteiger partial charge is 0.377 e. The fraction of sp³-hybridized carbons (Fsp3) is 0.389. The number of carbonyl (C=O) groups excluding carboxylic acids is 1. The van der Waals surface area contributed by atoms with Crippen LogP contribution in [0.4, 0.5) is 4.79 Å². The predicted octanol–water partition coefficient (Wildman–Crippen LogP) is 4.43. The molecular formula is C18H21N2O2SY-. The van der Waals surface area contributed by atoms with Gasteiger partial charge in [-0.3, -0.25) is 0 Å². The van der Waals surface area contributed by atoms with Gasteiger partial charge in [0.05, 0.1) is 17.3 Å². The fourth-order valence-electron chi connectivity index (χ4n) is 2.88. The number of aromatic nitrogens is 1. The number of carbonyl (C=O) groups is 1. The maximum absolute atomic E-state index is 11.5. The van der Waals surface area contributed by atoms with Gasteiger partial charge in [0.15, 0.2) is 0 Å². The van der Waals surface area contributed by atoms with Crippen LogP contribution in [0.3, 0.4) is 0 Å². The number of hydrogen-bond acceptors (Lipinski definition) is 4. The van der Waals surface area contributed by atoms with Crippen LogP contribution in [0.15, 0.2) is 35.7 Å². The fourth-order valence-corrected chi connectivity index (χ4v) is 3.86. The molecule has 6 heteroatoms. The van der Waals surface area contributed by atoms with Crippen LogP contribution >= 0.6 is 11.3 Å². The topological polar surface area (TPSA) is 51.2 Å². The number of amides is 1. The van der Waals surface area contributed by atoms with Crippen molar-refractivity contribution in [3.8, 4) is 11.3 Å². The van der Waals surface area contributed by atoms with Crippen LogP contribution in [0.5, 0.6) is 0 Å². The van der Waals surface area contributed by atoms with Gasteiger partial charge in [-0.1, -0.05) is 36.8 Å². The second-order valence-electron chi connectivity index (χ2n) is 6.03. The normalized spacial score (nSPS) is 15.0. The van der Waals surface area contributed by atoms with E-state index in [-0.39, 0.29) is 44.2 Å². The van der Waals surface area contributed by atoms with Crippen LogP contribution in [0.2, 0.25) is 0 Å². The first-order valence-electron chi connectivity index (χ1n) is 7.92. The van der Waals surface area contributed by atoms with Crippen LogP contribution in [0.1, 0.15) is 31.2 Å². The third-order valence-corrected chi connectivity index (χ3v) is 5.18. The second-order valence-corrected chi connectivity index (χ2v) is 6.97. The zero-order chi connectivity index (χ0) is 16.1. The van der Waals surface area contributed by atoms with Crippen molar-refractivity contribution in [3.05, 3.63) is 47.3 Å². The van der Waals surface area contributed by atoms with Gasteiger partial charge in [-0.2, -0.15) is 6.92 Å². The van der Waals surface area contributed by atoms with Gasteiger partial charge in [0.2, 0.25) is 0 Å². The Kier molecular flexibility index (Phi) is 7.39. The van der Waals surface area contributed by atoms with Gasteiger partial charge in [0, 0.05) is 55.5 Å². The summed E-state index contributed by atoms with van der Waals surface area (Å²) < 4.78 is 5.35. The van der Waals surface area contributed by atoms with Gasteiger partial charge in [-0.15, -0.1) is 11.3 Å². The molecule has 0 spiro atoms. The molecule has 0 atom stereocenters. The first-order valence-corrected chi connectivity index (χ1v) is 8.80. The van der Waals surface area contributed by atoms with Crippen molar-refractivity contribution in [2.24, 2.45) is 5.41 Å². The quantitative estimate of drug-likeness (QED) is 0.707. The molecule has 1 aromatic heterocycles. The van der Waals surface area contributed by atoms with Crippen molar-refractivity contribution >= 4 is 17.4 Å². The Balaban J connectivity index is 0.00000208. The van der Waals surface area contributed by atoms with Gasteiger partial charge in [0.1, 0.15) is 0 Å². The number of benzene rings is 1. The monoisotopic (exact) mass is 418 g/mol. The van der Waals surface area contributed by atoms with E-state index in [1.165, 1.54) is 6.42 Å². The third kappa shape index (κ3) is 4.87. The zero-order valence-corrected chi connectivity index (χ0v) is 17.5. The summed E-state index contributed by atoms with van der Waals surface area (Å²) in [6.07, 6.45) is 3.89. The molecule has 125 valence electrons. The maximum atomic E-state index is 11.5. The van der Waals surface area contributed by atoms with Gasteiger partial charge in [-0.05, 0) is 12.8 Å². The molecule has 0 aliphatic heterocycles.